The molecule has 0 aliphatic heterocycles. The Hall–Kier alpha value is -3.49. The van der Waals surface area contributed by atoms with Gasteiger partial charge in [-0.05, 0) is 43.3 Å². The van der Waals surface area contributed by atoms with E-state index < -0.39 is 17.6 Å². The minimum atomic E-state index is -4.49. The molecular formula is C19H14F3N3O3. The van der Waals surface area contributed by atoms with E-state index in [0.717, 1.165) is 12.1 Å². The Morgan fingerprint density at radius 3 is 2.64 bits per heavy atom. The van der Waals surface area contributed by atoms with E-state index in [1.807, 2.05) is 0 Å². The van der Waals surface area contributed by atoms with Crippen LogP contribution in [-0.2, 0) is 12.7 Å². The first kappa shape index (κ1) is 17.9. The molecule has 0 aliphatic carbocycles. The molecule has 4 aromatic rings. The van der Waals surface area contributed by atoms with Crippen molar-refractivity contribution in [1.82, 2.24) is 9.55 Å². The Balaban J connectivity index is 1.78. The van der Waals surface area contributed by atoms with Gasteiger partial charge in [0.15, 0.2) is 5.76 Å². The van der Waals surface area contributed by atoms with E-state index in [2.05, 4.69) is 10.3 Å². The molecule has 3 aromatic heterocycles. The monoisotopic (exact) mass is 389 g/mol. The minimum absolute atomic E-state index is 0.0894. The number of alkyl halides is 3. The van der Waals surface area contributed by atoms with Crippen molar-refractivity contribution in [2.24, 2.45) is 0 Å². The molecule has 6 nitrogen and oxygen atoms in total. The minimum Gasteiger partial charge on any atom is -0.467 e. The van der Waals surface area contributed by atoms with Crippen molar-refractivity contribution in [1.29, 1.82) is 0 Å². The van der Waals surface area contributed by atoms with Crippen LogP contribution in [-0.4, -0.2) is 15.5 Å². The molecule has 1 amide bonds. The number of furan rings is 2. The summed E-state index contributed by atoms with van der Waals surface area (Å²) in [4.78, 5) is 16.7. The largest absolute Gasteiger partial charge is 0.467 e. The number of anilines is 1. The van der Waals surface area contributed by atoms with E-state index in [0.29, 0.717) is 16.8 Å². The Kier molecular flexibility index (Phi) is 4.21. The van der Waals surface area contributed by atoms with Crippen molar-refractivity contribution in [3.63, 3.8) is 0 Å². The van der Waals surface area contributed by atoms with Crippen molar-refractivity contribution in [2.45, 2.75) is 19.6 Å². The van der Waals surface area contributed by atoms with Crippen LogP contribution in [0.2, 0.25) is 0 Å². The number of carbonyl (C=O) groups is 1. The summed E-state index contributed by atoms with van der Waals surface area (Å²) in [6, 6.07) is 8.30. The first-order chi connectivity index (χ1) is 13.3. The van der Waals surface area contributed by atoms with Crippen LogP contribution in [0.1, 0.15) is 27.4 Å². The first-order valence-corrected chi connectivity index (χ1v) is 8.28. The zero-order chi connectivity index (χ0) is 19.9. The van der Waals surface area contributed by atoms with Crippen LogP contribution < -0.4 is 5.32 Å². The van der Waals surface area contributed by atoms with Gasteiger partial charge in [-0.1, -0.05) is 0 Å². The number of hydrogen-bond donors (Lipinski definition) is 1. The summed E-state index contributed by atoms with van der Waals surface area (Å²) in [6.45, 7) is 1.89. The highest BCUT2D eigenvalue weighted by Gasteiger charge is 2.31. The van der Waals surface area contributed by atoms with E-state index >= 15 is 0 Å². The molecule has 28 heavy (non-hydrogen) atoms. The Bertz CT molecular complexity index is 1140. The second kappa shape index (κ2) is 6.59. The highest BCUT2D eigenvalue weighted by molar-refractivity contribution is 6.03. The second-order valence-corrected chi connectivity index (χ2v) is 6.19. The average molecular weight is 389 g/mol. The number of imidazole rings is 1. The van der Waals surface area contributed by atoms with Gasteiger partial charge < -0.3 is 13.4 Å². The third-order valence-corrected chi connectivity index (χ3v) is 4.26. The predicted molar refractivity (Wildman–Crippen MR) is 93.9 cm³/mol. The molecule has 0 bridgehead atoms. The van der Waals surface area contributed by atoms with Gasteiger partial charge in [-0.25, -0.2) is 4.98 Å². The topological polar surface area (TPSA) is 73.2 Å². The van der Waals surface area contributed by atoms with Crippen LogP contribution in [0.3, 0.4) is 0 Å². The Labute approximate surface area is 156 Å². The van der Waals surface area contributed by atoms with Crippen LogP contribution >= 0.6 is 0 Å². The summed E-state index contributed by atoms with van der Waals surface area (Å²) in [5.41, 5.74) is 0.344. The fourth-order valence-electron chi connectivity index (χ4n) is 2.88. The lowest BCUT2D eigenvalue weighted by Gasteiger charge is -2.09. The maximum atomic E-state index is 13.0. The quantitative estimate of drug-likeness (QED) is 0.542. The molecule has 1 N–H and O–H groups in total. The van der Waals surface area contributed by atoms with Crippen LogP contribution in [0.4, 0.5) is 19.1 Å². The summed E-state index contributed by atoms with van der Waals surface area (Å²) in [5, 5.41) is 2.61. The number of hydrogen-bond acceptors (Lipinski definition) is 4. The fraction of sp³-hybridized carbons (Fsp3) is 0.158. The number of benzene rings is 1. The van der Waals surface area contributed by atoms with Gasteiger partial charge in [-0.2, -0.15) is 13.2 Å². The first-order valence-electron chi connectivity index (χ1n) is 8.28. The summed E-state index contributed by atoms with van der Waals surface area (Å²) in [6.07, 6.45) is -1.62. The Morgan fingerprint density at radius 1 is 1.18 bits per heavy atom. The SMILES string of the molecule is Cc1ccoc1C(=O)Nc1nc2cc(C(F)(F)F)ccc2n1Cc1ccco1. The molecule has 0 saturated heterocycles. The van der Waals surface area contributed by atoms with E-state index in [-0.39, 0.29) is 23.8 Å². The number of rotatable bonds is 4. The summed E-state index contributed by atoms with van der Waals surface area (Å²) in [5.74, 6) is 0.206. The van der Waals surface area contributed by atoms with E-state index in [4.69, 9.17) is 8.83 Å². The number of aryl methyl sites for hydroxylation is 1. The van der Waals surface area contributed by atoms with E-state index in [9.17, 15) is 18.0 Å². The van der Waals surface area contributed by atoms with E-state index in [1.165, 1.54) is 18.6 Å². The molecule has 144 valence electrons. The van der Waals surface area contributed by atoms with E-state index in [1.54, 1.807) is 29.7 Å². The molecule has 0 unspecified atom stereocenters. The highest BCUT2D eigenvalue weighted by atomic mass is 19.4. The summed E-state index contributed by atoms with van der Waals surface area (Å²) in [7, 11) is 0. The predicted octanol–water partition coefficient (Wildman–Crippen LogP) is 4.85. The van der Waals surface area contributed by atoms with Gasteiger partial charge in [0.1, 0.15) is 5.76 Å². The molecular weight excluding hydrogens is 375 g/mol. The van der Waals surface area contributed by atoms with Gasteiger partial charge in [0, 0.05) is 5.56 Å². The Morgan fingerprint density at radius 2 is 2.00 bits per heavy atom. The molecule has 0 spiro atoms. The molecule has 3 heterocycles. The lowest BCUT2D eigenvalue weighted by Crippen LogP contribution is -2.16. The average Bonchev–Trinajstić information content (AvgIpc) is 3.35. The molecule has 0 saturated carbocycles. The molecule has 0 atom stereocenters. The maximum Gasteiger partial charge on any atom is 0.416 e. The van der Waals surface area contributed by atoms with Crippen LogP contribution in [0.5, 0.6) is 0 Å². The number of carbonyl (C=O) groups excluding carboxylic acids is 1. The number of nitrogens with one attached hydrogen (secondary N) is 1. The van der Waals surface area contributed by atoms with Crippen molar-refractivity contribution in [3.05, 3.63) is 71.6 Å². The number of fused-ring (bicyclic) bond motifs is 1. The van der Waals surface area contributed by atoms with Crippen LogP contribution in [0.15, 0.2) is 57.8 Å². The highest BCUT2D eigenvalue weighted by Crippen LogP contribution is 2.32. The zero-order valence-electron chi connectivity index (χ0n) is 14.6. The summed E-state index contributed by atoms with van der Waals surface area (Å²) >= 11 is 0. The molecule has 0 fully saturated rings. The standard InChI is InChI=1S/C19H14F3N3O3/c1-11-6-8-28-16(11)17(26)24-18-23-14-9-12(19(20,21)22)4-5-15(14)25(18)10-13-3-2-7-27-13/h2-9H,10H2,1H3,(H,23,24,26). The van der Waals surface area contributed by atoms with Crippen LogP contribution in [0.25, 0.3) is 11.0 Å². The van der Waals surface area contributed by atoms with Gasteiger partial charge in [0.05, 0.1) is 35.7 Å². The summed E-state index contributed by atoms with van der Waals surface area (Å²) < 4.78 is 51.2. The van der Waals surface area contributed by atoms with Gasteiger partial charge >= 0.3 is 6.18 Å². The number of amides is 1. The normalized spacial score (nSPS) is 11.9. The lowest BCUT2D eigenvalue weighted by atomic mass is 10.2. The van der Waals surface area contributed by atoms with Gasteiger partial charge in [0.2, 0.25) is 5.95 Å². The third-order valence-electron chi connectivity index (χ3n) is 4.26. The van der Waals surface area contributed by atoms with Crippen molar-refractivity contribution in [2.75, 3.05) is 5.32 Å². The molecule has 4 rings (SSSR count). The smallest absolute Gasteiger partial charge is 0.416 e. The molecule has 0 radical (unpaired) electrons. The van der Waals surface area contributed by atoms with Gasteiger partial charge in [-0.15, -0.1) is 0 Å². The third kappa shape index (κ3) is 3.26. The number of nitrogens with zero attached hydrogens (tertiary/aromatic N) is 2. The van der Waals surface area contributed by atoms with Gasteiger partial charge in [0.25, 0.3) is 5.91 Å². The molecule has 9 heteroatoms. The fourth-order valence-corrected chi connectivity index (χ4v) is 2.88. The zero-order valence-corrected chi connectivity index (χ0v) is 14.6. The van der Waals surface area contributed by atoms with Crippen molar-refractivity contribution in [3.8, 4) is 0 Å². The second-order valence-electron chi connectivity index (χ2n) is 6.19. The van der Waals surface area contributed by atoms with Crippen LogP contribution in [0, 0.1) is 6.92 Å². The number of aromatic nitrogens is 2. The number of halogens is 3. The molecule has 1 aromatic carbocycles. The maximum absolute atomic E-state index is 13.0. The van der Waals surface area contributed by atoms with Gasteiger partial charge in [-0.3, -0.25) is 10.1 Å². The molecule has 0 aliphatic rings. The van der Waals surface area contributed by atoms with Crippen molar-refractivity contribution >= 4 is 22.9 Å². The lowest BCUT2D eigenvalue weighted by molar-refractivity contribution is -0.137. The van der Waals surface area contributed by atoms with Crippen molar-refractivity contribution < 1.29 is 26.8 Å².